The number of ether oxygens (including phenoxy) is 3. The van der Waals surface area contributed by atoms with Crippen LogP contribution < -0.4 is 14.8 Å². The Hall–Kier alpha value is -1.46. The predicted octanol–water partition coefficient (Wildman–Crippen LogP) is 1.64. The van der Waals surface area contributed by atoms with Crippen LogP contribution in [0.15, 0.2) is 12.1 Å². The number of nitrogens with one attached hydrogen (secondary N) is 1. The summed E-state index contributed by atoms with van der Waals surface area (Å²) < 4.78 is 15.9. The summed E-state index contributed by atoms with van der Waals surface area (Å²) in [6.45, 7) is 4.66. The highest BCUT2D eigenvalue weighted by Crippen LogP contribution is 2.37. The summed E-state index contributed by atoms with van der Waals surface area (Å²) in [7, 11) is 0. The zero-order valence-corrected chi connectivity index (χ0v) is 11.0. The second-order valence-electron chi connectivity index (χ2n) is 5.13. The molecular weight excluding hydrogens is 246 g/mol. The number of hydrogen-bond acceptors (Lipinski definition) is 5. The molecule has 2 heterocycles. The molecule has 2 aliphatic heterocycles. The van der Waals surface area contributed by atoms with E-state index in [1.807, 2.05) is 6.07 Å². The van der Waals surface area contributed by atoms with Gasteiger partial charge in [-0.3, -0.25) is 0 Å². The molecule has 5 heteroatoms. The highest BCUT2D eigenvalue weighted by atomic mass is 16.7. The van der Waals surface area contributed by atoms with E-state index in [1.165, 1.54) is 0 Å². The summed E-state index contributed by atoms with van der Waals surface area (Å²) in [4.78, 5) is 0. The number of benzene rings is 1. The maximum absolute atomic E-state index is 9.95. The SMILES string of the molecule is CC(NCc1cc2c(cc1O)OCO2)C1CCOC1. The Balaban J connectivity index is 1.63. The third-order valence-electron chi connectivity index (χ3n) is 3.86. The van der Waals surface area contributed by atoms with Crippen LogP contribution in [0, 0.1) is 5.92 Å². The van der Waals surface area contributed by atoms with Gasteiger partial charge in [-0.05, 0) is 25.3 Å². The van der Waals surface area contributed by atoms with Crippen molar-refractivity contribution in [1.82, 2.24) is 5.32 Å². The summed E-state index contributed by atoms with van der Waals surface area (Å²) >= 11 is 0. The summed E-state index contributed by atoms with van der Waals surface area (Å²) in [5.74, 6) is 2.10. The lowest BCUT2D eigenvalue weighted by atomic mass is 10.0. The predicted molar refractivity (Wildman–Crippen MR) is 69.5 cm³/mol. The molecule has 0 saturated carbocycles. The van der Waals surface area contributed by atoms with Crippen LogP contribution in [-0.4, -0.2) is 31.2 Å². The van der Waals surface area contributed by atoms with Crippen molar-refractivity contribution in [2.45, 2.75) is 25.9 Å². The molecule has 5 nitrogen and oxygen atoms in total. The van der Waals surface area contributed by atoms with E-state index in [1.54, 1.807) is 6.07 Å². The summed E-state index contributed by atoms with van der Waals surface area (Å²) in [5, 5.41) is 13.4. The molecule has 0 bridgehead atoms. The van der Waals surface area contributed by atoms with Crippen LogP contribution in [0.4, 0.5) is 0 Å². The zero-order chi connectivity index (χ0) is 13.2. The minimum Gasteiger partial charge on any atom is -0.507 e. The van der Waals surface area contributed by atoms with Gasteiger partial charge in [0.05, 0.1) is 6.61 Å². The Morgan fingerprint density at radius 1 is 1.37 bits per heavy atom. The van der Waals surface area contributed by atoms with Gasteiger partial charge in [0.25, 0.3) is 0 Å². The minimum atomic E-state index is 0.224. The smallest absolute Gasteiger partial charge is 0.231 e. The molecule has 0 aromatic heterocycles. The van der Waals surface area contributed by atoms with Crippen molar-refractivity contribution < 1.29 is 19.3 Å². The van der Waals surface area contributed by atoms with Crippen molar-refractivity contribution in [3.05, 3.63) is 17.7 Å². The van der Waals surface area contributed by atoms with Gasteiger partial charge in [-0.2, -0.15) is 0 Å². The lowest BCUT2D eigenvalue weighted by molar-refractivity contribution is 0.173. The molecule has 0 spiro atoms. The number of fused-ring (bicyclic) bond motifs is 1. The summed E-state index contributed by atoms with van der Waals surface area (Å²) in [6.07, 6.45) is 1.10. The molecule has 19 heavy (non-hydrogen) atoms. The third kappa shape index (κ3) is 2.62. The zero-order valence-electron chi connectivity index (χ0n) is 11.0. The number of rotatable bonds is 4. The first kappa shape index (κ1) is 12.6. The van der Waals surface area contributed by atoms with E-state index in [-0.39, 0.29) is 12.5 Å². The number of aromatic hydroxyl groups is 1. The van der Waals surface area contributed by atoms with E-state index < -0.39 is 0 Å². The third-order valence-corrected chi connectivity index (χ3v) is 3.86. The van der Waals surface area contributed by atoms with Crippen molar-refractivity contribution in [3.8, 4) is 17.2 Å². The Kier molecular flexibility index (Phi) is 3.48. The van der Waals surface area contributed by atoms with E-state index in [0.717, 1.165) is 25.2 Å². The molecule has 2 aliphatic rings. The van der Waals surface area contributed by atoms with Gasteiger partial charge in [-0.15, -0.1) is 0 Å². The van der Waals surface area contributed by atoms with Gasteiger partial charge in [0.15, 0.2) is 11.5 Å². The average Bonchev–Trinajstić information content (AvgIpc) is 3.06. The normalized spacial score (nSPS) is 22.7. The molecule has 1 aromatic carbocycles. The van der Waals surface area contributed by atoms with E-state index >= 15 is 0 Å². The van der Waals surface area contributed by atoms with Crippen LogP contribution in [-0.2, 0) is 11.3 Å². The highest BCUT2D eigenvalue weighted by molar-refractivity contribution is 5.51. The van der Waals surface area contributed by atoms with Crippen LogP contribution in [0.5, 0.6) is 17.2 Å². The minimum absolute atomic E-state index is 0.224. The van der Waals surface area contributed by atoms with Crippen molar-refractivity contribution in [1.29, 1.82) is 0 Å². The molecule has 3 rings (SSSR count). The van der Waals surface area contributed by atoms with Crippen LogP contribution in [0.2, 0.25) is 0 Å². The molecule has 2 N–H and O–H groups in total. The van der Waals surface area contributed by atoms with Gasteiger partial charge in [0.1, 0.15) is 5.75 Å². The van der Waals surface area contributed by atoms with Crippen LogP contribution >= 0.6 is 0 Å². The van der Waals surface area contributed by atoms with Gasteiger partial charge >= 0.3 is 0 Å². The van der Waals surface area contributed by atoms with Gasteiger partial charge in [-0.1, -0.05) is 0 Å². The number of hydrogen-bond donors (Lipinski definition) is 2. The van der Waals surface area contributed by atoms with Gasteiger partial charge in [0.2, 0.25) is 6.79 Å². The fourth-order valence-corrected chi connectivity index (χ4v) is 2.50. The lowest BCUT2D eigenvalue weighted by Crippen LogP contribution is -2.33. The standard InChI is InChI=1S/C14H19NO4/c1-9(10-2-3-17-7-10)15-6-11-4-13-14(5-12(11)16)19-8-18-13/h4-5,9-10,15-16H,2-3,6-8H2,1H3. The first-order valence-corrected chi connectivity index (χ1v) is 6.66. The monoisotopic (exact) mass is 265 g/mol. The van der Waals surface area contributed by atoms with E-state index in [9.17, 15) is 5.11 Å². The Bertz CT molecular complexity index is 457. The molecule has 0 amide bonds. The fourth-order valence-electron chi connectivity index (χ4n) is 2.50. The first-order valence-electron chi connectivity index (χ1n) is 6.66. The molecule has 1 aromatic rings. The Morgan fingerprint density at radius 3 is 2.89 bits per heavy atom. The van der Waals surface area contributed by atoms with Gasteiger partial charge < -0.3 is 24.6 Å². The average molecular weight is 265 g/mol. The lowest BCUT2D eigenvalue weighted by Gasteiger charge is -2.19. The maximum Gasteiger partial charge on any atom is 0.231 e. The number of phenolic OH excluding ortho intramolecular Hbond substituents is 1. The largest absolute Gasteiger partial charge is 0.507 e. The first-order chi connectivity index (χ1) is 9.24. The molecule has 0 radical (unpaired) electrons. The maximum atomic E-state index is 9.95. The van der Waals surface area contributed by atoms with Crippen molar-refractivity contribution in [2.75, 3.05) is 20.0 Å². The highest BCUT2D eigenvalue weighted by Gasteiger charge is 2.22. The fraction of sp³-hybridized carbons (Fsp3) is 0.571. The molecule has 1 fully saturated rings. The van der Waals surface area contributed by atoms with E-state index in [2.05, 4.69) is 12.2 Å². The topological polar surface area (TPSA) is 60.0 Å². The van der Waals surface area contributed by atoms with Crippen LogP contribution in [0.3, 0.4) is 0 Å². The van der Waals surface area contributed by atoms with Crippen molar-refractivity contribution >= 4 is 0 Å². The molecule has 1 saturated heterocycles. The Morgan fingerprint density at radius 2 is 2.16 bits per heavy atom. The van der Waals surface area contributed by atoms with E-state index in [4.69, 9.17) is 14.2 Å². The quantitative estimate of drug-likeness (QED) is 0.866. The Labute approximate surface area is 112 Å². The van der Waals surface area contributed by atoms with Crippen LogP contribution in [0.1, 0.15) is 18.9 Å². The van der Waals surface area contributed by atoms with E-state index in [0.29, 0.717) is 30.0 Å². The summed E-state index contributed by atoms with van der Waals surface area (Å²) in [5.41, 5.74) is 0.829. The molecule has 0 aliphatic carbocycles. The second kappa shape index (κ2) is 5.27. The molecular formula is C14H19NO4. The number of phenols is 1. The van der Waals surface area contributed by atoms with Crippen molar-refractivity contribution in [2.24, 2.45) is 5.92 Å². The summed E-state index contributed by atoms with van der Waals surface area (Å²) in [6, 6.07) is 3.82. The van der Waals surface area contributed by atoms with Gasteiger partial charge in [0, 0.05) is 30.8 Å². The van der Waals surface area contributed by atoms with Crippen molar-refractivity contribution in [3.63, 3.8) is 0 Å². The molecule has 2 unspecified atom stereocenters. The second-order valence-corrected chi connectivity index (χ2v) is 5.13. The van der Waals surface area contributed by atoms with Gasteiger partial charge in [-0.25, -0.2) is 0 Å². The molecule has 2 atom stereocenters. The molecule has 104 valence electrons. The van der Waals surface area contributed by atoms with Crippen LogP contribution in [0.25, 0.3) is 0 Å².